The molecule has 2 aromatic rings. The summed E-state index contributed by atoms with van der Waals surface area (Å²) in [7, 11) is 0. The number of aromatic nitrogens is 1. The van der Waals surface area contributed by atoms with Gasteiger partial charge in [-0.25, -0.2) is 0 Å². The van der Waals surface area contributed by atoms with E-state index in [0.29, 0.717) is 0 Å². The second-order valence-electron chi connectivity index (χ2n) is 4.86. The van der Waals surface area contributed by atoms with Crippen LogP contribution >= 0.6 is 0 Å². The minimum atomic E-state index is 0.224. The van der Waals surface area contributed by atoms with Crippen molar-refractivity contribution >= 4 is 0 Å². The quantitative estimate of drug-likeness (QED) is 0.795. The molecular formula is C15H18N2. The van der Waals surface area contributed by atoms with Crippen LogP contribution in [0.25, 0.3) is 5.69 Å². The maximum Gasteiger partial charge on any atom is 0.0455 e. The normalized spacial score (nSPS) is 19.1. The third-order valence-corrected chi connectivity index (χ3v) is 3.66. The van der Waals surface area contributed by atoms with Crippen LogP contribution in [0.3, 0.4) is 0 Å². The zero-order valence-corrected chi connectivity index (χ0v) is 10.2. The van der Waals surface area contributed by atoms with E-state index in [1.165, 1.54) is 29.1 Å². The number of fused-ring (bicyclic) bond motifs is 1. The second-order valence-corrected chi connectivity index (χ2v) is 4.86. The summed E-state index contributed by atoms with van der Waals surface area (Å²) in [5.41, 5.74) is 11.5. The van der Waals surface area contributed by atoms with Crippen molar-refractivity contribution in [3.8, 4) is 5.69 Å². The molecule has 1 aliphatic rings. The van der Waals surface area contributed by atoms with E-state index >= 15 is 0 Å². The first-order valence-corrected chi connectivity index (χ1v) is 6.29. The van der Waals surface area contributed by atoms with Gasteiger partial charge in [0.2, 0.25) is 0 Å². The maximum absolute atomic E-state index is 6.19. The lowest BCUT2D eigenvalue weighted by atomic mass is 9.93. The van der Waals surface area contributed by atoms with E-state index in [1.54, 1.807) is 0 Å². The summed E-state index contributed by atoms with van der Waals surface area (Å²) in [6.45, 7) is 2.16. The van der Waals surface area contributed by atoms with Crippen LogP contribution in [0, 0.1) is 6.92 Å². The van der Waals surface area contributed by atoms with Crippen molar-refractivity contribution in [1.82, 2.24) is 4.57 Å². The number of rotatable bonds is 1. The largest absolute Gasteiger partial charge is 0.324 e. The number of hydrogen-bond donors (Lipinski definition) is 1. The first kappa shape index (κ1) is 10.6. The SMILES string of the molecule is Cc1cc2c(n1-c1ccccc1)CCCC2N. The Morgan fingerprint density at radius 2 is 2.00 bits per heavy atom. The summed E-state index contributed by atoms with van der Waals surface area (Å²) in [6.07, 6.45) is 3.46. The molecule has 0 radical (unpaired) electrons. The van der Waals surface area contributed by atoms with Gasteiger partial charge in [0.15, 0.2) is 0 Å². The van der Waals surface area contributed by atoms with Crippen LogP contribution < -0.4 is 5.73 Å². The van der Waals surface area contributed by atoms with Crippen molar-refractivity contribution in [2.75, 3.05) is 0 Å². The number of nitrogens with two attached hydrogens (primary N) is 1. The van der Waals surface area contributed by atoms with Crippen LogP contribution in [0.2, 0.25) is 0 Å². The fourth-order valence-electron chi connectivity index (χ4n) is 2.87. The van der Waals surface area contributed by atoms with Gasteiger partial charge >= 0.3 is 0 Å². The predicted molar refractivity (Wildman–Crippen MR) is 70.4 cm³/mol. The number of nitrogens with zero attached hydrogens (tertiary/aromatic N) is 1. The molecule has 0 saturated heterocycles. The van der Waals surface area contributed by atoms with Crippen molar-refractivity contribution < 1.29 is 0 Å². The Kier molecular flexibility index (Phi) is 2.52. The Bertz CT molecular complexity index is 525. The molecule has 88 valence electrons. The monoisotopic (exact) mass is 226 g/mol. The van der Waals surface area contributed by atoms with Crippen molar-refractivity contribution in [3.63, 3.8) is 0 Å². The molecule has 1 atom stereocenters. The van der Waals surface area contributed by atoms with Gasteiger partial charge in [0, 0.05) is 23.1 Å². The third-order valence-electron chi connectivity index (χ3n) is 3.66. The second kappa shape index (κ2) is 4.04. The molecular weight excluding hydrogens is 208 g/mol. The summed E-state index contributed by atoms with van der Waals surface area (Å²) in [6, 6.07) is 13.0. The Balaban J connectivity index is 2.18. The van der Waals surface area contributed by atoms with Crippen LogP contribution in [0.1, 0.15) is 35.8 Å². The highest BCUT2D eigenvalue weighted by Gasteiger charge is 2.22. The lowest BCUT2D eigenvalue weighted by Crippen LogP contribution is -2.17. The molecule has 3 rings (SSSR count). The zero-order chi connectivity index (χ0) is 11.8. The lowest BCUT2D eigenvalue weighted by Gasteiger charge is -2.21. The minimum absolute atomic E-state index is 0.224. The van der Waals surface area contributed by atoms with Gasteiger partial charge in [-0.15, -0.1) is 0 Å². The fourth-order valence-corrected chi connectivity index (χ4v) is 2.87. The van der Waals surface area contributed by atoms with Crippen molar-refractivity contribution in [2.45, 2.75) is 32.2 Å². The van der Waals surface area contributed by atoms with Crippen molar-refractivity contribution in [3.05, 3.63) is 53.3 Å². The van der Waals surface area contributed by atoms with Crippen molar-refractivity contribution in [1.29, 1.82) is 0 Å². The van der Waals surface area contributed by atoms with Gasteiger partial charge < -0.3 is 10.3 Å². The fraction of sp³-hybridized carbons (Fsp3) is 0.333. The highest BCUT2D eigenvalue weighted by molar-refractivity contribution is 5.43. The Hall–Kier alpha value is -1.54. The van der Waals surface area contributed by atoms with E-state index in [-0.39, 0.29) is 6.04 Å². The summed E-state index contributed by atoms with van der Waals surface area (Å²) in [5.74, 6) is 0. The summed E-state index contributed by atoms with van der Waals surface area (Å²) in [5, 5.41) is 0. The molecule has 0 bridgehead atoms. The van der Waals surface area contributed by atoms with E-state index < -0.39 is 0 Å². The van der Waals surface area contributed by atoms with Gasteiger partial charge in [0.05, 0.1) is 0 Å². The summed E-state index contributed by atoms with van der Waals surface area (Å²) in [4.78, 5) is 0. The summed E-state index contributed by atoms with van der Waals surface area (Å²) >= 11 is 0. The Morgan fingerprint density at radius 3 is 2.76 bits per heavy atom. The number of aryl methyl sites for hydroxylation is 1. The smallest absolute Gasteiger partial charge is 0.0455 e. The maximum atomic E-state index is 6.19. The first-order valence-electron chi connectivity index (χ1n) is 6.29. The molecule has 1 aliphatic carbocycles. The molecule has 1 aromatic carbocycles. The Labute approximate surface area is 102 Å². The molecule has 1 unspecified atom stereocenters. The van der Waals surface area contributed by atoms with Gasteiger partial charge in [-0.05, 0) is 49.9 Å². The minimum Gasteiger partial charge on any atom is -0.324 e. The number of para-hydroxylation sites is 1. The molecule has 2 N–H and O–H groups in total. The van der Waals surface area contributed by atoms with E-state index in [9.17, 15) is 0 Å². The van der Waals surface area contributed by atoms with E-state index in [0.717, 1.165) is 12.8 Å². The van der Waals surface area contributed by atoms with Crippen LogP contribution in [0.4, 0.5) is 0 Å². The van der Waals surface area contributed by atoms with Crippen LogP contribution in [0.15, 0.2) is 36.4 Å². The molecule has 0 saturated carbocycles. The third kappa shape index (κ3) is 1.69. The summed E-state index contributed by atoms with van der Waals surface area (Å²) < 4.78 is 2.36. The average molecular weight is 226 g/mol. The highest BCUT2D eigenvalue weighted by Crippen LogP contribution is 2.32. The van der Waals surface area contributed by atoms with Gasteiger partial charge in [-0.2, -0.15) is 0 Å². The Morgan fingerprint density at radius 1 is 1.24 bits per heavy atom. The van der Waals surface area contributed by atoms with E-state index in [4.69, 9.17) is 5.73 Å². The van der Waals surface area contributed by atoms with Gasteiger partial charge in [0.1, 0.15) is 0 Å². The molecule has 2 nitrogen and oxygen atoms in total. The molecule has 0 fully saturated rings. The van der Waals surface area contributed by atoms with E-state index in [1.807, 2.05) is 0 Å². The van der Waals surface area contributed by atoms with Crippen LogP contribution in [-0.4, -0.2) is 4.57 Å². The molecule has 0 amide bonds. The molecule has 17 heavy (non-hydrogen) atoms. The molecule has 1 heterocycles. The lowest BCUT2D eigenvalue weighted by molar-refractivity contribution is 0.560. The predicted octanol–water partition coefficient (Wildman–Crippen LogP) is 3.12. The molecule has 0 spiro atoms. The molecule has 1 aromatic heterocycles. The number of benzene rings is 1. The van der Waals surface area contributed by atoms with Gasteiger partial charge in [-0.3, -0.25) is 0 Å². The molecule has 0 aliphatic heterocycles. The zero-order valence-electron chi connectivity index (χ0n) is 10.2. The van der Waals surface area contributed by atoms with Gasteiger partial charge in [0.25, 0.3) is 0 Å². The van der Waals surface area contributed by atoms with Gasteiger partial charge in [-0.1, -0.05) is 18.2 Å². The highest BCUT2D eigenvalue weighted by atomic mass is 15.0. The number of hydrogen-bond acceptors (Lipinski definition) is 1. The van der Waals surface area contributed by atoms with Crippen LogP contribution in [-0.2, 0) is 6.42 Å². The average Bonchev–Trinajstić information content (AvgIpc) is 2.68. The van der Waals surface area contributed by atoms with Crippen molar-refractivity contribution in [2.24, 2.45) is 5.73 Å². The standard InChI is InChI=1S/C15H18N2/c1-11-10-13-14(16)8-5-9-15(13)17(11)12-6-3-2-4-7-12/h2-4,6-7,10,14H,5,8-9,16H2,1H3. The van der Waals surface area contributed by atoms with E-state index in [2.05, 4.69) is 47.9 Å². The first-order chi connectivity index (χ1) is 8.27. The topological polar surface area (TPSA) is 30.9 Å². The van der Waals surface area contributed by atoms with Crippen LogP contribution in [0.5, 0.6) is 0 Å². The molecule has 2 heteroatoms.